The molecule has 2 heteroatoms. The van der Waals surface area contributed by atoms with Gasteiger partial charge >= 0.3 is 0 Å². The molecule has 0 aromatic heterocycles. The fourth-order valence-corrected chi connectivity index (χ4v) is 5.12. The van der Waals surface area contributed by atoms with Crippen LogP contribution in [-0.4, -0.2) is 0 Å². The second-order valence-electron chi connectivity index (χ2n) is 5.93. The van der Waals surface area contributed by atoms with E-state index >= 15 is 0 Å². The van der Waals surface area contributed by atoms with Crippen molar-refractivity contribution < 1.29 is 19.5 Å². The molecule has 0 bridgehead atoms. The predicted octanol–water partition coefficient (Wildman–Crippen LogP) is 6.32. The van der Waals surface area contributed by atoms with Gasteiger partial charge in [-0.25, -0.2) is 12.1 Å². The van der Waals surface area contributed by atoms with Crippen LogP contribution in [0.2, 0.25) is 0 Å². The number of rotatable bonds is 5. The van der Waals surface area contributed by atoms with E-state index in [4.69, 9.17) is 0 Å². The largest absolute Gasteiger partial charge is 0.748 e. The van der Waals surface area contributed by atoms with Crippen LogP contribution < -0.4 is 5.30 Å². The maximum absolute atomic E-state index is 2.28. The van der Waals surface area contributed by atoms with Gasteiger partial charge in [0.25, 0.3) is 0 Å². The first-order chi connectivity index (χ1) is 12.4. The number of hydrogen-bond donors (Lipinski definition) is 0. The SMILES string of the molecule is [Ru].[cH-]1[cH-][cH-][cH-][cH-]1.c1ccc(CP(Cc2ccccc2)[c-]2cccc2)cc1. The summed E-state index contributed by atoms with van der Waals surface area (Å²) in [6.45, 7) is 0. The molecule has 4 aromatic carbocycles. The van der Waals surface area contributed by atoms with E-state index in [1.165, 1.54) is 16.4 Å². The minimum absolute atomic E-state index is 0. The molecule has 0 saturated carbocycles. The van der Waals surface area contributed by atoms with Gasteiger partial charge in [0, 0.05) is 19.5 Å². The molecule has 0 radical (unpaired) electrons. The smallest absolute Gasteiger partial charge is 0 e. The number of benzene rings is 2. The van der Waals surface area contributed by atoms with Gasteiger partial charge in [0.15, 0.2) is 0 Å². The van der Waals surface area contributed by atoms with Crippen LogP contribution in [0, 0.1) is 0 Å². The molecule has 0 unspecified atom stereocenters. The minimum Gasteiger partial charge on any atom is -0.748 e. The molecule has 0 atom stereocenters. The van der Waals surface area contributed by atoms with Crippen LogP contribution in [0.3, 0.4) is 0 Å². The van der Waals surface area contributed by atoms with E-state index in [1.54, 1.807) is 0 Å². The van der Waals surface area contributed by atoms with Crippen molar-refractivity contribution in [1.82, 2.24) is 0 Å². The topological polar surface area (TPSA) is 0 Å². The molecule has 0 aliphatic heterocycles. The maximum Gasteiger partial charge on any atom is 0 e. The van der Waals surface area contributed by atoms with Crippen LogP contribution in [0.5, 0.6) is 0 Å². The molecule has 4 aromatic rings. The van der Waals surface area contributed by atoms with Gasteiger partial charge in [0.1, 0.15) is 0 Å². The van der Waals surface area contributed by atoms with Crippen molar-refractivity contribution in [2.75, 3.05) is 0 Å². The van der Waals surface area contributed by atoms with Crippen molar-refractivity contribution >= 4 is 13.2 Å². The van der Waals surface area contributed by atoms with Gasteiger partial charge in [-0.15, -0.1) is 13.2 Å². The molecule has 138 valence electrons. The Labute approximate surface area is 171 Å². The Hall–Kier alpha value is -1.81. The summed E-state index contributed by atoms with van der Waals surface area (Å²) >= 11 is 0. The molecule has 0 fully saturated rings. The Balaban J connectivity index is 0.000000351. The second kappa shape index (κ2) is 11.7. The third-order valence-corrected chi connectivity index (χ3v) is 6.52. The van der Waals surface area contributed by atoms with Gasteiger partial charge in [-0.3, -0.25) is 0 Å². The van der Waals surface area contributed by atoms with Crippen LogP contribution in [0.4, 0.5) is 0 Å². The van der Waals surface area contributed by atoms with E-state index < -0.39 is 0 Å². The van der Waals surface area contributed by atoms with Gasteiger partial charge in [-0.1, -0.05) is 60.7 Å². The summed E-state index contributed by atoms with van der Waals surface area (Å²) in [6, 6.07) is 40.5. The predicted molar refractivity (Wildman–Crippen MR) is 111 cm³/mol. The zero-order valence-electron chi connectivity index (χ0n) is 14.7. The van der Waals surface area contributed by atoms with Gasteiger partial charge < -0.3 is 30.3 Å². The standard InChI is InChI=1S/C19H18P.C5H5.Ru/c1-3-9-17(10-4-1)15-20(19-13-7-8-14-19)16-18-11-5-2-6-12-18;1-2-4-5-3-1;/h1-14H,15-16H2;1-5H;/q-1;-5;. The van der Waals surface area contributed by atoms with E-state index in [1.807, 2.05) is 30.3 Å². The Morgan fingerprint density at radius 1 is 0.577 bits per heavy atom. The maximum atomic E-state index is 2.28. The molecule has 0 nitrogen and oxygen atoms in total. The van der Waals surface area contributed by atoms with Crippen molar-refractivity contribution in [1.29, 1.82) is 0 Å². The van der Waals surface area contributed by atoms with Crippen LogP contribution in [0.1, 0.15) is 11.1 Å². The third kappa shape index (κ3) is 6.83. The first-order valence-corrected chi connectivity index (χ1v) is 10.3. The first-order valence-electron chi connectivity index (χ1n) is 8.63. The van der Waals surface area contributed by atoms with Crippen molar-refractivity contribution in [3.05, 3.63) is 126 Å². The van der Waals surface area contributed by atoms with E-state index in [0.717, 1.165) is 12.3 Å². The van der Waals surface area contributed by atoms with Crippen LogP contribution in [0.15, 0.2) is 115 Å². The van der Waals surface area contributed by atoms with Crippen LogP contribution >= 0.6 is 7.92 Å². The van der Waals surface area contributed by atoms with Crippen molar-refractivity contribution in [2.45, 2.75) is 12.3 Å². The molecule has 0 aliphatic rings. The van der Waals surface area contributed by atoms with Gasteiger partial charge in [0.05, 0.1) is 0 Å². The van der Waals surface area contributed by atoms with Crippen molar-refractivity contribution in [2.24, 2.45) is 0 Å². The summed E-state index contributed by atoms with van der Waals surface area (Å²) in [6.07, 6.45) is 2.32. The summed E-state index contributed by atoms with van der Waals surface area (Å²) in [5, 5.41) is 1.51. The molecule has 0 heterocycles. The van der Waals surface area contributed by atoms with Crippen LogP contribution in [-0.2, 0) is 31.8 Å². The third-order valence-electron chi connectivity index (χ3n) is 4.00. The molecule has 0 saturated heterocycles. The molecule has 0 spiro atoms. The summed E-state index contributed by atoms with van der Waals surface area (Å²) in [7, 11) is -0.171. The summed E-state index contributed by atoms with van der Waals surface area (Å²) < 4.78 is 0. The van der Waals surface area contributed by atoms with E-state index in [2.05, 4.69) is 84.9 Å². The average Bonchev–Trinajstić information content (AvgIpc) is 3.39. The zero-order valence-corrected chi connectivity index (χ0v) is 17.3. The van der Waals surface area contributed by atoms with Crippen molar-refractivity contribution in [3.63, 3.8) is 0 Å². The van der Waals surface area contributed by atoms with E-state index in [9.17, 15) is 0 Å². The molecule has 26 heavy (non-hydrogen) atoms. The van der Waals surface area contributed by atoms with E-state index in [-0.39, 0.29) is 27.4 Å². The molecular formula is C24H23PRu-6. The Kier molecular flexibility index (Phi) is 9.26. The summed E-state index contributed by atoms with van der Waals surface area (Å²) in [4.78, 5) is 0. The molecule has 0 amide bonds. The first kappa shape index (κ1) is 20.5. The summed E-state index contributed by atoms with van der Waals surface area (Å²) in [5.74, 6) is 0. The Bertz CT molecular complexity index is 731. The quantitative estimate of drug-likeness (QED) is 0.192. The molecule has 0 aliphatic carbocycles. The summed E-state index contributed by atoms with van der Waals surface area (Å²) in [5.41, 5.74) is 2.88. The normalized spacial score (nSPS) is 9.88. The molecular weight excluding hydrogens is 420 g/mol. The van der Waals surface area contributed by atoms with Gasteiger partial charge in [0.2, 0.25) is 0 Å². The number of hydrogen-bond acceptors (Lipinski definition) is 0. The zero-order chi connectivity index (χ0) is 17.2. The van der Waals surface area contributed by atoms with Gasteiger partial charge in [-0.2, -0.15) is 12.1 Å². The second-order valence-corrected chi connectivity index (χ2v) is 8.16. The monoisotopic (exact) mass is 444 g/mol. The minimum atomic E-state index is -0.171. The fourth-order valence-electron chi connectivity index (χ4n) is 2.74. The Morgan fingerprint density at radius 3 is 1.35 bits per heavy atom. The average molecular weight is 443 g/mol. The molecule has 4 rings (SSSR count). The van der Waals surface area contributed by atoms with Crippen molar-refractivity contribution in [3.8, 4) is 0 Å². The molecule has 0 N–H and O–H groups in total. The fraction of sp³-hybridized carbons (Fsp3) is 0.0833. The van der Waals surface area contributed by atoms with Gasteiger partial charge in [-0.05, 0) is 23.5 Å². The van der Waals surface area contributed by atoms with E-state index in [0.29, 0.717) is 0 Å². The Morgan fingerprint density at radius 2 is 0.962 bits per heavy atom. The van der Waals surface area contributed by atoms with Crippen LogP contribution in [0.25, 0.3) is 0 Å².